The minimum atomic E-state index is -1.01. The highest BCUT2D eigenvalue weighted by Gasteiger charge is 2.27. The van der Waals surface area contributed by atoms with Gasteiger partial charge >= 0.3 is 17.8 Å². The number of rotatable bonds is 10. The Morgan fingerprint density at radius 3 is 2.32 bits per heavy atom. The van der Waals surface area contributed by atoms with Gasteiger partial charge < -0.3 is 19.9 Å². The van der Waals surface area contributed by atoms with Gasteiger partial charge in [-0.15, -0.1) is 0 Å². The third-order valence-corrected chi connectivity index (χ3v) is 4.91. The van der Waals surface area contributed by atoms with E-state index >= 15 is 0 Å². The maximum Gasteiger partial charge on any atom is 0.337 e. The molecular formula is C23H32N2O6. The van der Waals surface area contributed by atoms with Crippen molar-refractivity contribution >= 4 is 29.4 Å². The Bertz CT molecular complexity index is 844. The first kappa shape index (κ1) is 25.9. The maximum absolute atomic E-state index is 11.0. The molecule has 0 radical (unpaired) electrons. The number of carboxylic acid groups (broad SMARTS) is 1. The fraction of sp³-hybridized carbons (Fsp3) is 0.478. The molecule has 1 aliphatic heterocycles. The quantitative estimate of drug-likeness (QED) is 0.251. The number of carbonyl (C=O) groups excluding carboxylic acids is 2. The molecule has 31 heavy (non-hydrogen) atoms. The van der Waals surface area contributed by atoms with Crippen LogP contribution >= 0.6 is 0 Å². The lowest BCUT2D eigenvalue weighted by Crippen LogP contribution is -2.31. The molecule has 0 spiro atoms. The van der Waals surface area contributed by atoms with Gasteiger partial charge in [0.1, 0.15) is 17.3 Å². The molecule has 0 saturated heterocycles. The number of hydrogen-bond acceptors (Lipinski definition) is 5. The third kappa shape index (κ3) is 7.55. The van der Waals surface area contributed by atoms with Crippen molar-refractivity contribution in [3.05, 3.63) is 35.4 Å². The monoisotopic (exact) mass is 432 g/mol. The topological polar surface area (TPSA) is 114 Å². The predicted molar refractivity (Wildman–Crippen MR) is 119 cm³/mol. The van der Waals surface area contributed by atoms with Gasteiger partial charge in [-0.1, -0.05) is 45.2 Å². The lowest BCUT2D eigenvalue weighted by molar-refractivity contribution is -0.135. The molecule has 0 saturated carbocycles. The summed E-state index contributed by atoms with van der Waals surface area (Å²) in [5.74, 6) is -0.555. The highest BCUT2D eigenvalue weighted by Crippen LogP contribution is 2.28. The van der Waals surface area contributed by atoms with Crippen LogP contribution in [0.15, 0.2) is 34.8 Å². The van der Waals surface area contributed by atoms with Crippen molar-refractivity contribution in [3.8, 4) is 5.75 Å². The molecule has 0 fully saturated rings. The SMILES string of the molecule is CCCCCC(CC)C1=NC(=O)C(=O)N1.CO/C(=C(/C)C(=O)O)c1ccccc1OC. The fourth-order valence-corrected chi connectivity index (χ4v) is 3.12. The second-order valence-electron chi connectivity index (χ2n) is 7.02. The van der Waals surface area contributed by atoms with Crippen molar-refractivity contribution in [2.24, 2.45) is 10.9 Å². The predicted octanol–water partition coefficient (Wildman–Crippen LogP) is 3.81. The van der Waals surface area contributed by atoms with E-state index in [9.17, 15) is 14.4 Å². The third-order valence-electron chi connectivity index (χ3n) is 4.91. The second-order valence-corrected chi connectivity index (χ2v) is 7.02. The number of amides is 2. The fourth-order valence-electron chi connectivity index (χ4n) is 3.12. The molecule has 1 aromatic carbocycles. The first-order chi connectivity index (χ1) is 14.8. The molecule has 2 amide bonds. The van der Waals surface area contributed by atoms with Crippen molar-refractivity contribution in [2.45, 2.75) is 52.9 Å². The summed E-state index contributed by atoms with van der Waals surface area (Å²) < 4.78 is 10.3. The van der Waals surface area contributed by atoms with Crippen LogP contribution in [0.5, 0.6) is 5.75 Å². The van der Waals surface area contributed by atoms with Gasteiger partial charge in [0.2, 0.25) is 0 Å². The van der Waals surface area contributed by atoms with Crippen LogP contribution in [0, 0.1) is 5.92 Å². The van der Waals surface area contributed by atoms with Gasteiger partial charge in [0.05, 0.1) is 25.4 Å². The average Bonchev–Trinajstić information content (AvgIpc) is 3.10. The van der Waals surface area contributed by atoms with Crippen molar-refractivity contribution in [1.29, 1.82) is 0 Å². The summed E-state index contributed by atoms with van der Waals surface area (Å²) in [5, 5.41) is 11.5. The molecule has 0 aromatic heterocycles. The Kier molecular flexibility index (Phi) is 11.0. The summed E-state index contributed by atoms with van der Waals surface area (Å²) in [6.07, 6.45) is 5.39. The van der Waals surface area contributed by atoms with Gasteiger partial charge in [-0.05, 0) is 31.9 Å². The van der Waals surface area contributed by atoms with Crippen molar-refractivity contribution in [1.82, 2.24) is 5.32 Å². The first-order valence-corrected chi connectivity index (χ1v) is 10.4. The summed E-state index contributed by atoms with van der Waals surface area (Å²) >= 11 is 0. The summed E-state index contributed by atoms with van der Waals surface area (Å²) in [6, 6.07) is 7.12. The van der Waals surface area contributed by atoms with E-state index in [0.29, 0.717) is 22.9 Å². The Hall–Kier alpha value is -3.16. The smallest absolute Gasteiger partial charge is 0.337 e. The summed E-state index contributed by atoms with van der Waals surface area (Å²) in [6.45, 7) is 5.70. The zero-order valence-corrected chi connectivity index (χ0v) is 18.9. The van der Waals surface area contributed by atoms with Crippen molar-refractivity contribution < 1.29 is 29.0 Å². The molecule has 2 rings (SSSR count). The zero-order chi connectivity index (χ0) is 23.4. The Balaban J connectivity index is 0.000000311. The number of aliphatic imine (C=N–C) groups is 1. The molecule has 1 aromatic rings. The molecule has 0 bridgehead atoms. The number of amidine groups is 1. The van der Waals surface area contributed by atoms with E-state index < -0.39 is 17.8 Å². The second kappa shape index (κ2) is 13.2. The van der Waals surface area contributed by atoms with E-state index in [2.05, 4.69) is 17.2 Å². The molecule has 0 aliphatic carbocycles. The summed E-state index contributed by atoms with van der Waals surface area (Å²) in [7, 11) is 2.97. The molecular weight excluding hydrogens is 400 g/mol. The normalized spacial score (nSPS) is 14.5. The van der Waals surface area contributed by atoms with Gasteiger partial charge in [0, 0.05) is 5.92 Å². The van der Waals surface area contributed by atoms with Gasteiger partial charge in [0.15, 0.2) is 0 Å². The van der Waals surface area contributed by atoms with E-state index in [4.69, 9.17) is 14.6 Å². The van der Waals surface area contributed by atoms with Gasteiger partial charge in [-0.3, -0.25) is 9.59 Å². The number of carbonyl (C=O) groups is 3. The number of unbranched alkanes of at least 4 members (excludes halogenated alkanes) is 2. The van der Waals surface area contributed by atoms with E-state index in [-0.39, 0.29) is 11.5 Å². The number of para-hydroxylation sites is 1. The van der Waals surface area contributed by atoms with E-state index in [1.54, 1.807) is 18.2 Å². The van der Waals surface area contributed by atoms with Crippen LogP contribution in [-0.2, 0) is 19.1 Å². The number of benzene rings is 1. The minimum absolute atomic E-state index is 0.145. The molecule has 170 valence electrons. The van der Waals surface area contributed by atoms with Gasteiger partial charge in [-0.25, -0.2) is 4.79 Å². The molecule has 1 unspecified atom stereocenters. The number of aliphatic carboxylic acids is 1. The van der Waals surface area contributed by atoms with E-state index in [1.165, 1.54) is 34.0 Å². The van der Waals surface area contributed by atoms with Crippen LogP contribution < -0.4 is 10.1 Å². The number of nitrogens with one attached hydrogen (secondary N) is 1. The first-order valence-electron chi connectivity index (χ1n) is 10.4. The molecule has 1 heterocycles. The highest BCUT2D eigenvalue weighted by molar-refractivity contribution is 6.44. The van der Waals surface area contributed by atoms with Gasteiger partial charge in [0.25, 0.3) is 0 Å². The van der Waals surface area contributed by atoms with Crippen LogP contribution in [0.25, 0.3) is 5.76 Å². The number of methoxy groups -OCH3 is 2. The molecule has 1 aliphatic rings. The lowest BCUT2D eigenvalue weighted by atomic mass is 9.97. The highest BCUT2D eigenvalue weighted by atomic mass is 16.5. The van der Waals surface area contributed by atoms with Crippen LogP contribution in [0.1, 0.15) is 58.4 Å². The Labute approximate surface area is 183 Å². The Morgan fingerprint density at radius 1 is 1.16 bits per heavy atom. The Morgan fingerprint density at radius 2 is 1.84 bits per heavy atom. The van der Waals surface area contributed by atoms with Crippen LogP contribution in [0.3, 0.4) is 0 Å². The van der Waals surface area contributed by atoms with Crippen LogP contribution in [0.2, 0.25) is 0 Å². The number of carboxylic acids is 1. The minimum Gasteiger partial charge on any atom is -0.496 e. The largest absolute Gasteiger partial charge is 0.496 e. The van der Waals surface area contributed by atoms with Crippen LogP contribution in [-0.4, -0.2) is 42.9 Å². The van der Waals surface area contributed by atoms with Crippen molar-refractivity contribution in [2.75, 3.05) is 14.2 Å². The number of ether oxygens (including phenoxy) is 2. The van der Waals surface area contributed by atoms with Crippen LogP contribution in [0.4, 0.5) is 0 Å². The van der Waals surface area contributed by atoms with Gasteiger partial charge in [-0.2, -0.15) is 4.99 Å². The molecule has 8 nitrogen and oxygen atoms in total. The summed E-state index contributed by atoms with van der Waals surface area (Å²) in [5.41, 5.74) is 0.777. The number of nitrogens with zero attached hydrogens (tertiary/aromatic N) is 1. The zero-order valence-electron chi connectivity index (χ0n) is 18.9. The lowest BCUT2D eigenvalue weighted by Gasteiger charge is -2.13. The summed E-state index contributed by atoms with van der Waals surface area (Å²) in [4.78, 5) is 36.5. The standard InChI is InChI=1S/C12H14O4.C11H18N2O2/c1-8(12(13)14)11(16-3)9-6-4-5-7-10(9)15-2;1-3-5-6-7-8(4-2)9-12-10(14)11(15)13-9/h4-7H,1-3H3,(H,13,14);8H,3-7H2,1-2H3,(H,12,13,14,15)/b11-8-;. The van der Waals surface area contributed by atoms with E-state index in [0.717, 1.165) is 19.3 Å². The molecule has 1 atom stereocenters. The average molecular weight is 433 g/mol. The van der Waals surface area contributed by atoms with Crippen molar-refractivity contribution in [3.63, 3.8) is 0 Å². The maximum atomic E-state index is 11.0. The van der Waals surface area contributed by atoms with E-state index in [1.807, 2.05) is 13.0 Å². The number of hydrogen-bond donors (Lipinski definition) is 2. The molecule has 2 N–H and O–H groups in total. The molecule has 8 heteroatoms.